The molecule has 3 nitrogen and oxygen atoms in total. The molecule has 0 aliphatic rings. The largest absolute Gasteiger partial charge is 0.385 e. The van der Waals surface area contributed by atoms with Gasteiger partial charge < -0.3 is 10.8 Å². The molecular formula is C7H12N2OS. The van der Waals surface area contributed by atoms with Crippen molar-refractivity contribution >= 4 is 11.3 Å². The predicted molar refractivity (Wildman–Crippen MR) is 45.5 cm³/mol. The lowest BCUT2D eigenvalue weighted by Crippen LogP contribution is -2.24. The van der Waals surface area contributed by atoms with Crippen LogP contribution in [0.3, 0.4) is 0 Å². The Bertz CT molecular complexity index is 234. The van der Waals surface area contributed by atoms with Crippen molar-refractivity contribution in [2.45, 2.75) is 26.0 Å². The normalized spacial score (nSPS) is 16.4. The monoisotopic (exact) mass is 172 g/mol. The molecule has 0 bridgehead atoms. The first-order chi connectivity index (χ1) is 5.11. The molecule has 0 fully saturated rings. The Balaban J connectivity index is 2.76. The molecule has 0 aromatic carbocycles. The first-order valence-corrected chi connectivity index (χ1v) is 4.35. The fourth-order valence-electron chi connectivity index (χ4n) is 0.785. The van der Waals surface area contributed by atoms with E-state index in [4.69, 9.17) is 5.73 Å². The molecule has 0 amide bonds. The highest BCUT2D eigenvalue weighted by molar-refractivity contribution is 7.09. The second-order valence-electron chi connectivity index (χ2n) is 2.60. The third kappa shape index (κ3) is 1.99. The van der Waals surface area contributed by atoms with Crippen LogP contribution in [0.15, 0.2) is 5.38 Å². The van der Waals surface area contributed by atoms with Gasteiger partial charge in [0.2, 0.25) is 0 Å². The summed E-state index contributed by atoms with van der Waals surface area (Å²) < 4.78 is 0. The third-order valence-electron chi connectivity index (χ3n) is 1.44. The maximum atomic E-state index is 9.43. The van der Waals surface area contributed by atoms with Crippen molar-refractivity contribution < 1.29 is 5.11 Å². The van der Waals surface area contributed by atoms with Gasteiger partial charge in [-0.15, -0.1) is 11.3 Å². The fraction of sp³-hybridized carbons (Fsp3) is 0.571. The molecule has 0 saturated heterocycles. The van der Waals surface area contributed by atoms with Crippen molar-refractivity contribution in [2.75, 3.05) is 0 Å². The molecule has 1 aromatic heterocycles. The van der Waals surface area contributed by atoms with Crippen molar-refractivity contribution in [2.24, 2.45) is 5.73 Å². The zero-order valence-electron chi connectivity index (χ0n) is 6.61. The number of hydrogen-bond acceptors (Lipinski definition) is 4. The summed E-state index contributed by atoms with van der Waals surface area (Å²) in [6.45, 7) is 3.67. The van der Waals surface area contributed by atoms with Crippen LogP contribution in [0.5, 0.6) is 0 Å². The van der Waals surface area contributed by atoms with E-state index in [0.717, 1.165) is 5.01 Å². The topological polar surface area (TPSA) is 59.1 Å². The van der Waals surface area contributed by atoms with Gasteiger partial charge >= 0.3 is 0 Å². The summed E-state index contributed by atoms with van der Waals surface area (Å²) >= 11 is 1.52. The molecular weight excluding hydrogens is 160 g/mol. The minimum Gasteiger partial charge on any atom is -0.385 e. The van der Waals surface area contributed by atoms with Gasteiger partial charge in [0.05, 0.1) is 10.7 Å². The number of nitrogens with two attached hydrogens (primary N) is 1. The molecule has 62 valence electrons. The number of hydrogen-bond donors (Lipinski definition) is 2. The summed E-state index contributed by atoms with van der Waals surface area (Å²) in [4.78, 5) is 4.12. The van der Waals surface area contributed by atoms with Crippen molar-refractivity contribution in [3.8, 4) is 0 Å². The Labute approximate surface area is 69.9 Å². The van der Waals surface area contributed by atoms with Crippen LogP contribution in [0.1, 0.15) is 23.7 Å². The van der Waals surface area contributed by atoms with E-state index < -0.39 is 6.10 Å². The summed E-state index contributed by atoms with van der Waals surface area (Å²) in [5.41, 5.74) is 6.17. The van der Waals surface area contributed by atoms with E-state index in [2.05, 4.69) is 4.98 Å². The van der Waals surface area contributed by atoms with Crippen molar-refractivity contribution in [3.05, 3.63) is 16.1 Å². The van der Waals surface area contributed by atoms with Crippen LogP contribution in [0.25, 0.3) is 0 Å². The second kappa shape index (κ2) is 3.30. The first kappa shape index (κ1) is 8.64. The summed E-state index contributed by atoms with van der Waals surface area (Å²) in [6.07, 6.45) is -0.625. The van der Waals surface area contributed by atoms with Crippen molar-refractivity contribution in [1.82, 2.24) is 4.98 Å². The van der Waals surface area contributed by atoms with Gasteiger partial charge in [-0.05, 0) is 13.8 Å². The SMILES string of the molecule is Cc1nc(C(O)C(C)N)cs1. The summed E-state index contributed by atoms with van der Waals surface area (Å²) in [5.74, 6) is 0. The van der Waals surface area contributed by atoms with Crippen LogP contribution < -0.4 is 5.73 Å². The lowest BCUT2D eigenvalue weighted by atomic mass is 10.1. The molecule has 1 aromatic rings. The fourth-order valence-corrected chi connectivity index (χ4v) is 1.43. The average Bonchev–Trinajstić information content (AvgIpc) is 2.34. The molecule has 1 rings (SSSR count). The van der Waals surface area contributed by atoms with Crippen molar-refractivity contribution in [3.63, 3.8) is 0 Å². The highest BCUT2D eigenvalue weighted by atomic mass is 32.1. The number of aliphatic hydroxyl groups excluding tert-OH is 1. The standard InChI is InChI=1S/C7H12N2OS/c1-4(8)7(10)6-3-11-5(2)9-6/h3-4,7,10H,8H2,1-2H3. The zero-order chi connectivity index (χ0) is 8.43. The Hall–Kier alpha value is -0.450. The molecule has 2 unspecified atom stereocenters. The van der Waals surface area contributed by atoms with Gasteiger partial charge in [0.25, 0.3) is 0 Å². The number of aliphatic hydroxyl groups is 1. The minimum absolute atomic E-state index is 0.253. The predicted octanol–water partition coefficient (Wildman–Crippen LogP) is 0.832. The van der Waals surface area contributed by atoms with Gasteiger partial charge in [-0.2, -0.15) is 0 Å². The number of rotatable bonds is 2. The van der Waals surface area contributed by atoms with Crippen LogP contribution in [-0.2, 0) is 0 Å². The number of aromatic nitrogens is 1. The van der Waals surface area contributed by atoms with Crippen LogP contribution in [0.4, 0.5) is 0 Å². The molecule has 1 heterocycles. The molecule has 0 saturated carbocycles. The molecule has 4 heteroatoms. The molecule has 0 aliphatic heterocycles. The first-order valence-electron chi connectivity index (χ1n) is 3.47. The Kier molecular flexibility index (Phi) is 2.59. The lowest BCUT2D eigenvalue weighted by molar-refractivity contribution is 0.149. The third-order valence-corrected chi connectivity index (χ3v) is 2.23. The summed E-state index contributed by atoms with van der Waals surface area (Å²) in [6, 6.07) is -0.253. The van der Waals surface area contributed by atoms with Gasteiger partial charge in [0.15, 0.2) is 0 Å². The Morgan fingerprint density at radius 3 is 2.73 bits per heavy atom. The molecule has 0 radical (unpaired) electrons. The van der Waals surface area contributed by atoms with Crippen LogP contribution >= 0.6 is 11.3 Å². The quantitative estimate of drug-likeness (QED) is 0.694. The van der Waals surface area contributed by atoms with E-state index in [1.807, 2.05) is 12.3 Å². The van der Waals surface area contributed by atoms with Gasteiger partial charge in [-0.25, -0.2) is 4.98 Å². The smallest absolute Gasteiger partial charge is 0.112 e. The van der Waals surface area contributed by atoms with E-state index in [9.17, 15) is 5.11 Å². The van der Waals surface area contributed by atoms with E-state index in [-0.39, 0.29) is 6.04 Å². The molecule has 2 atom stereocenters. The average molecular weight is 172 g/mol. The van der Waals surface area contributed by atoms with Crippen molar-refractivity contribution in [1.29, 1.82) is 0 Å². The van der Waals surface area contributed by atoms with Crippen LogP contribution in [-0.4, -0.2) is 16.1 Å². The van der Waals surface area contributed by atoms with Crippen LogP contribution in [0.2, 0.25) is 0 Å². The maximum Gasteiger partial charge on any atom is 0.112 e. The van der Waals surface area contributed by atoms with Gasteiger partial charge in [-0.3, -0.25) is 0 Å². The molecule has 11 heavy (non-hydrogen) atoms. The van der Waals surface area contributed by atoms with Gasteiger partial charge in [0, 0.05) is 11.4 Å². The minimum atomic E-state index is -0.625. The summed E-state index contributed by atoms with van der Waals surface area (Å²) in [5, 5.41) is 12.2. The number of nitrogens with zero attached hydrogens (tertiary/aromatic N) is 1. The van der Waals surface area contributed by atoms with Gasteiger partial charge in [-0.1, -0.05) is 0 Å². The maximum absolute atomic E-state index is 9.43. The highest BCUT2D eigenvalue weighted by Gasteiger charge is 2.14. The van der Waals surface area contributed by atoms with E-state index in [0.29, 0.717) is 5.69 Å². The molecule has 0 spiro atoms. The van der Waals surface area contributed by atoms with E-state index in [1.165, 1.54) is 11.3 Å². The Morgan fingerprint density at radius 2 is 2.36 bits per heavy atom. The highest BCUT2D eigenvalue weighted by Crippen LogP contribution is 2.17. The molecule has 3 N–H and O–H groups in total. The summed E-state index contributed by atoms with van der Waals surface area (Å²) in [7, 11) is 0. The number of thiazole rings is 1. The van der Waals surface area contributed by atoms with E-state index >= 15 is 0 Å². The number of aryl methyl sites for hydroxylation is 1. The second-order valence-corrected chi connectivity index (χ2v) is 3.66. The Morgan fingerprint density at radius 1 is 1.73 bits per heavy atom. The van der Waals surface area contributed by atoms with Crippen LogP contribution in [0, 0.1) is 6.92 Å². The lowest BCUT2D eigenvalue weighted by Gasteiger charge is -2.10. The van der Waals surface area contributed by atoms with Gasteiger partial charge in [0.1, 0.15) is 6.10 Å². The van der Waals surface area contributed by atoms with E-state index in [1.54, 1.807) is 6.92 Å². The molecule has 0 aliphatic carbocycles. The zero-order valence-corrected chi connectivity index (χ0v) is 7.43.